The van der Waals surface area contributed by atoms with Crippen LogP contribution < -0.4 is 5.32 Å². The number of aryl methyl sites for hydroxylation is 1. The van der Waals surface area contributed by atoms with Gasteiger partial charge in [-0.3, -0.25) is 14.8 Å². The Bertz CT molecular complexity index is 697. The van der Waals surface area contributed by atoms with Crippen LogP contribution in [0.1, 0.15) is 47.4 Å². The van der Waals surface area contributed by atoms with Crippen molar-refractivity contribution in [3.8, 4) is 0 Å². The van der Waals surface area contributed by atoms with Crippen molar-refractivity contribution in [2.75, 3.05) is 0 Å². The fourth-order valence-electron chi connectivity index (χ4n) is 4.24. The molecule has 5 heteroatoms. The summed E-state index contributed by atoms with van der Waals surface area (Å²) in [7, 11) is 0. The number of aromatic amines is 1. The molecule has 1 amide bonds. The van der Waals surface area contributed by atoms with Crippen LogP contribution in [0.25, 0.3) is 0 Å². The van der Waals surface area contributed by atoms with Gasteiger partial charge in [0.1, 0.15) is 5.69 Å². The lowest BCUT2D eigenvalue weighted by Crippen LogP contribution is -2.50. The molecule has 2 N–H and O–H groups in total. The fourth-order valence-corrected chi connectivity index (χ4v) is 4.24. The second-order valence-corrected chi connectivity index (χ2v) is 7.12. The Morgan fingerprint density at radius 3 is 2.58 bits per heavy atom. The predicted molar refractivity (Wildman–Crippen MR) is 92.6 cm³/mol. The number of nitrogens with one attached hydrogen (secondary N) is 2. The average molecular weight is 324 g/mol. The zero-order valence-corrected chi connectivity index (χ0v) is 14.0. The molecule has 2 saturated heterocycles. The van der Waals surface area contributed by atoms with Crippen molar-refractivity contribution < 1.29 is 4.79 Å². The molecule has 0 saturated carbocycles. The predicted octanol–water partition coefficient (Wildman–Crippen LogP) is 2.64. The zero-order valence-electron chi connectivity index (χ0n) is 14.0. The zero-order chi connectivity index (χ0) is 16.5. The molecule has 2 bridgehead atoms. The smallest absolute Gasteiger partial charge is 0.271 e. The van der Waals surface area contributed by atoms with Crippen LogP contribution in [-0.4, -0.2) is 39.1 Å². The standard InChI is InChI=1S/C19H24N4O/c1-13-9-18(22-21-13)19(24)20-15-10-16-7-8-17(11-15)23(16)12-14-5-3-2-4-6-14/h2-6,9,15-17H,7-8,10-12H2,1H3,(H,20,24)(H,21,22)/t15?,16-,17+. The van der Waals surface area contributed by atoms with Gasteiger partial charge in [0, 0.05) is 30.4 Å². The molecule has 1 aromatic heterocycles. The molecule has 2 aromatic rings. The summed E-state index contributed by atoms with van der Waals surface area (Å²) in [6, 6.07) is 13.9. The van der Waals surface area contributed by atoms with Gasteiger partial charge in [0.25, 0.3) is 5.91 Å². The molecule has 1 aromatic carbocycles. The Morgan fingerprint density at radius 2 is 1.96 bits per heavy atom. The normalized spacial score (nSPS) is 26.5. The van der Waals surface area contributed by atoms with Crippen molar-refractivity contribution in [1.29, 1.82) is 0 Å². The molecule has 24 heavy (non-hydrogen) atoms. The first-order chi connectivity index (χ1) is 11.7. The molecular formula is C19H24N4O. The SMILES string of the molecule is Cc1cc(C(=O)NC2C[C@H]3CC[C@@H](C2)N3Cc2ccccc2)n[nH]1. The maximum atomic E-state index is 12.3. The van der Waals surface area contributed by atoms with E-state index in [0.29, 0.717) is 17.8 Å². The number of piperidine rings is 1. The van der Waals surface area contributed by atoms with Gasteiger partial charge in [0.05, 0.1) is 0 Å². The molecule has 0 radical (unpaired) electrons. The molecule has 0 aliphatic carbocycles. The van der Waals surface area contributed by atoms with Crippen molar-refractivity contribution >= 4 is 5.91 Å². The third-order valence-electron chi connectivity index (χ3n) is 5.37. The Morgan fingerprint density at radius 1 is 1.25 bits per heavy atom. The number of carbonyl (C=O) groups is 1. The number of hydrogen-bond acceptors (Lipinski definition) is 3. The largest absolute Gasteiger partial charge is 0.348 e. The highest BCUT2D eigenvalue weighted by Gasteiger charge is 2.41. The number of benzene rings is 1. The number of fused-ring (bicyclic) bond motifs is 2. The number of aromatic nitrogens is 2. The summed E-state index contributed by atoms with van der Waals surface area (Å²) in [5.74, 6) is -0.0553. The van der Waals surface area contributed by atoms with Crippen LogP contribution >= 0.6 is 0 Å². The Hall–Kier alpha value is -2.14. The Balaban J connectivity index is 1.38. The van der Waals surface area contributed by atoms with E-state index in [1.54, 1.807) is 6.07 Å². The van der Waals surface area contributed by atoms with Gasteiger partial charge in [-0.15, -0.1) is 0 Å². The van der Waals surface area contributed by atoms with Gasteiger partial charge in [0.15, 0.2) is 0 Å². The Kier molecular flexibility index (Phi) is 4.10. The van der Waals surface area contributed by atoms with E-state index in [9.17, 15) is 4.79 Å². The minimum Gasteiger partial charge on any atom is -0.348 e. The van der Waals surface area contributed by atoms with Crippen LogP contribution in [0, 0.1) is 6.92 Å². The lowest BCUT2D eigenvalue weighted by molar-refractivity contribution is 0.0823. The van der Waals surface area contributed by atoms with Gasteiger partial charge in [-0.05, 0) is 44.2 Å². The van der Waals surface area contributed by atoms with Crippen LogP contribution in [0.4, 0.5) is 0 Å². The van der Waals surface area contributed by atoms with Crippen LogP contribution in [0.3, 0.4) is 0 Å². The van der Waals surface area contributed by atoms with Crippen LogP contribution in [-0.2, 0) is 6.54 Å². The number of hydrogen-bond donors (Lipinski definition) is 2. The van der Waals surface area contributed by atoms with E-state index in [-0.39, 0.29) is 11.9 Å². The van der Waals surface area contributed by atoms with Crippen LogP contribution in [0.2, 0.25) is 0 Å². The molecule has 3 heterocycles. The first-order valence-corrected chi connectivity index (χ1v) is 8.81. The minimum absolute atomic E-state index is 0.0553. The number of amides is 1. The first-order valence-electron chi connectivity index (χ1n) is 8.81. The molecule has 2 fully saturated rings. The van der Waals surface area contributed by atoms with E-state index in [1.807, 2.05) is 6.92 Å². The number of nitrogens with zero attached hydrogens (tertiary/aromatic N) is 2. The molecule has 2 aliphatic rings. The van der Waals surface area contributed by atoms with Crippen LogP contribution in [0.5, 0.6) is 0 Å². The van der Waals surface area contributed by atoms with Crippen molar-refractivity contribution in [2.45, 2.75) is 57.3 Å². The Labute approximate surface area is 142 Å². The van der Waals surface area contributed by atoms with Gasteiger partial charge >= 0.3 is 0 Å². The molecule has 2 aliphatic heterocycles. The van der Waals surface area contributed by atoms with Crippen molar-refractivity contribution in [3.05, 3.63) is 53.3 Å². The van der Waals surface area contributed by atoms with Crippen LogP contribution in [0.15, 0.2) is 36.4 Å². The molecule has 1 unspecified atom stereocenters. The number of rotatable bonds is 4. The van der Waals surface area contributed by atoms with Gasteiger partial charge < -0.3 is 5.32 Å². The summed E-state index contributed by atoms with van der Waals surface area (Å²) < 4.78 is 0. The summed E-state index contributed by atoms with van der Waals surface area (Å²) in [5, 5.41) is 10.1. The molecule has 0 spiro atoms. The molecule has 3 atom stereocenters. The number of H-pyrrole nitrogens is 1. The van der Waals surface area contributed by atoms with E-state index < -0.39 is 0 Å². The topological polar surface area (TPSA) is 61.0 Å². The van der Waals surface area contributed by atoms with E-state index in [4.69, 9.17) is 0 Å². The molecule has 126 valence electrons. The van der Waals surface area contributed by atoms with Gasteiger partial charge in [-0.25, -0.2) is 0 Å². The lowest BCUT2D eigenvalue weighted by Gasteiger charge is -2.39. The third-order valence-corrected chi connectivity index (χ3v) is 5.37. The molecule has 5 nitrogen and oxygen atoms in total. The second-order valence-electron chi connectivity index (χ2n) is 7.12. The summed E-state index contributed by atoms with van der Waals surface area (Å²) in [6.07, 6.45) is 4.56. The molecular weight excluding hydrogens is 300 g/mol. The average Bonchev–Trinajstić information content (AvgIpc) is 3.10. The maximum Gasteiger partial charge on any atom is 0.271 e. The van der Waals surface area contributed by atoms with Crippen molar-refractivity contribution in [2.24, 2.45) is 0 Å². The summed E-state index contributed by atoms with van der Waals surface area (Å²) in [5.41, 5.74) is 2.79. The maximum absolute atomic E-state index is 12.3. The highest BCUT2D eigenvalue weighted by molar-refractivity contribution is 5.92. The highest BCUT2D eigenvalue weighted by atomic mass is 16.2. The summed E-state index contributed by atoms with van der Waals surface area (Å²) >= 11 is 0. The van der Waals surface area contributed by atoms with Crippen molar-refractivity contribution in [3.63, 3.8) is 0 Å². The van der Waals surface area contributed by atoms with Gasteiger partial charge in [0.2, 0.25) is 0 Å². The third kappa shape index (κ3) is 3.08. The quantitative estimate of drug-likeness (QED) is 0.909. The van der Waals surface area contributed by atoms with E-state index in [0.717, 1.165) is 25.1 Å². The van der Waals surface area contributed by atoms with E-state index in [2.05, 4.69) is 50.7 Å². The number of carbonyl (C=O) groups excluding carboxylic acids is 1. The monoisotopic (exact) mass is 324 g/mol. The second kappa shape index (κ2) is 6.40. The van der Waals surface area contributed by atoms with E-state index in [1.165, 1.54) is 18.4 Å². The first kappa shape index (κ1) is 15.4. The van der Waals surface area contributed by atoms with Gasteiger partial charge in [-0.2, -0.15) is 5.10 Å². The highest BCUT2D eigenvalue weighted by Crippen LogP contribution is 2.36. The fraction of sp³-hybridized carbons (Fsp3) is 0.474. The summed E-state index contributed by atoms with van der Waals surface area (Å²) in [4.78, 5) is 15.0. The van der Waals surface area contributed by atoms with Crippen molar-refractivity contribution in [1.82, 2.24) is 20.4 Å². The summed E-state index contributed by atoms with van der Waals surface area (Å²) in [6.45, 7) is 2.93. The van der Waals surface area contributed by atoms with E-state index >= 15 is 0 Å². The van der Waals surface area contributed by atoms with Gasteiger partial charge in [-0.1, -0.05) is 30.3 Å². The lowest BCUT2D eigenvalue weighted by atomic mass is 9.96. The molecule has 4 rings (SSSR count). The minimum atomic E-state index is -0.0553.